The lowest BCUT2D eigenvalue weighted by Gasteiger charge is -2.19. The number of nitrogens with zero attached hydrogens (tertiary/aromatic N) is 2. The van der Waals surface area contributed by atoms with E-state index in [9.17, 15) is 4.39 Å². The Morgan fingerprint density at radius 2 is 2.11 bits per heavy atom. The molecule has 0 atom stereocenters. The van der Waals surface area contributed by atoms with Gasteiger partial charge in [0.05, 0.1) is 5.02 Å². The maximum Gasteiger partial charge on any atom is 0.128 e. The number of hydrogen-bond acceptors (Lipinski definition) is 2. The predicted octanol–water partition coefficient (Wildman–Crippen LogP) is 4.25. The molecule has 2 nitrogen and oxygen atoms in total. The minimum absolute atomic E-state index is 0.239. The van der Waals surface area contributed by atoms with Crippen LogP contribution in [0.1, 0.15) is 11.1 Å². The van der Waals surface area contributed by atoms with Crippen LogP contribution in [0.5, 0.6) is 0 Å². The molecule has 0 aliphatic heterocycles. The molecule has 1 aromatic heterocycles. The Labute approximate surface area is 121 Å². The van der Waals surface area contributed by atoms with E-state index < -0.39 is 0 Å². The van der Waals surface area contributed by atoms with E-state index in [0.717, 1.165) is 16.9 Å². The number of benzene rings is 1. The third-order valence-electron chi connectivity index (χ3n) is 2.76. The topological polar surface area (TPSA) is 16.1 Å². The Balaban J connectivity index is 2.18. The van der Waals surface area contributed by atoms with Crippen LogP contribution >= 0.6 is 23.2 Å². The van der Waals surface area contributed by atoms with Crippen LogP contribution in [0.25, 0.3) is 0 Å². The van der Waals surface area contributed by atoms with Crippen molar-refractivity contribution in [2.75, 3.05) is 11.9 Å². The van der Waals surface area contributed by atoms with Crippen molar-refractivity contribution in [3.8, 4) is 0 Å². The summed E-state index contributed by atoms with van der Waals surface area (Å²) in [4.78, 5) is 6.16. The predicted molar refractivity (Wildman–Crippen MR) is 77.3 cm³/mol. The molecule has 0 unspecified atom stereocenters. The highest BCUT2D eigenvalue weighted by molar-refractivity contribution is 6.32. The van der Waals surface area contributed by atoms with Crippen molar-refractivity contribution in [2.24, 2.45) is 0 Å². The third kappa shape index (κ3) is 3.58. The molecule has 0 aliphatic rings. The van der Waals surface area contributed by atoms with E-state index in [0.29, 0.717) is 17.4 Å². The zero-order valence-corrected chi connectivity index (χ0v) is 11.9. The largest absolute Gasteiger partial charge is 0.355 e. The van der Waals surface area contributed by atoms with Gasteiger partial charge in [-0.05, 0) is 29.3 Å². The van der Waals surface area contributed by atoms with Crippen LogP contribution in [0.15, 0.2) is 36.5 Å². The van der Waals surface area contributed by atoms with E-state index >= 15 is 0 Å². The summed E-state index contributed by atoms with van der Waals surface area (Å²) in [5, 5.41) is 0.554. The highest BCUT2D eigenvalue weighted by Crippen LogP contribution is 2.22. The Morgan fingerprint density at radius 3 is 2.79 bits per heavy atom. The van der Waals surface area contributed by atoms with Crippen molar-refractivity contribution in [3.63, 3.8) is 0 Å². The molecule has 0 radical (unpaired) electrons. The van der Waals surface area contributed by atoms with E-state index in [4.69, 9.17) is 23.2 Å². The number of halogens is 3. The molecule has 0 saturated heterocycles. The Hall–Kier alpha value is -1.32. The van der Waals surface area contributed by atoms with Crippen LogP contribution in [0.3, 0.4) is 0 Å². The summed E-state index contributed by atoms with van der Waals surface area (Å²) in [7, 11) is 1.89. The highest BCUT2D eigenvalue weighted by Gasteiger charge is 2.07. The van der Waals surface area contributed by atoms with Crippen LogP contribution in [-0.2, 0) is 12.4 Å². The molecular formula is C14H13Cl2FN2. The second-order valence-corrected chi connectivity index (χ2v) is 4.93. The molecule has 100 valence electrons. The average molecular weight is 299 g/mol. The molecule has 0 amide bonds. The lowest BCUT2D eigenvalue weighted by atomic mass is 10.2. The molecule has 0 aliphatic carbocycles. The van der Waals surface area contributed by atoms with Gasteiger partial charge < -0.3 is 4.90 Å². The quantitative estimate of drug-likeness (QED) is 0.785. The molecule has 19 heavy (non-hydrogen) atoms. The van der Waals surface area contributed by atoms with Gasteiger partial charge in [0.1, 0.15) is 11.6 Å². The first-order valence-corrected chi connectivity index (χ1v) is 6.67. The number of rotatable bonds is 4. The Kier molecular flexibility index (Phi) is 4.61. The van der Waals surface area contributed by atoms with Gasteiger partial charge in [0.2, 0.25) is 0 Å². The normalized spacial score (nSPS) is 10.5. The van der Waals surface area contributed by atoms with Crippen LogP contribution in [0, 0.1) is 5.82 Å². The lowest BCUT2D eigenvalue weighted by Crippen LogP contribution is -2.17. The van der Waals surface area contributed by atoms with Gasteiger partial charge in [-0.2, -0.15) is 0 Å². The summed E-state index contributed by atoms with van der Waals surface area (Å²) < 4.78 is 13.1. The van der Waals surface area contributed by atoms with Gasteiger partial charge in [-0.15, -0.1) is 11.6 Å². The SMILES string of the molecule is CN(Cc1cccc(F)c1)c1cc(CCl)c(Cl)cn1. The highest BCUT2D eigenvalue weighted by atomic mass is 35.5. The number of alkyl halides is 1. The molecule has 2 rings (SSSR count). The summed E-state index contributed by atoms with van der Waals surface area (Å²) >= 11 is 11.8. The summed E-state index contributed by atoms with van der Waals surface area (Å²) in [6.07, 6.45) is 1.58. The monoisotopic (exact) mass is 298 g/mol. The summed E-state index contributed by atoms with van der Waals surface area (Å²) in [5.74, 6) is 0.850. The van der Waals surface area contributed by atoms with Crippen molar-refractivity contribution < 1.29 is 4.39 Å². The molecule has 0 spiro atoms. The van der Waals surface area contributed by atoms with Crippen molar-refractivity contribution >= 4 is 29.0 Å². The second-order valence-electron chi connectivity index (χ2n) is 4.25. The molecule has 1 heterocycles. The fourth-order valence-corrected chi connectivity index (χ4v) is 2.23. The minimum Gasteiger partial charge on any atom is -0.355 e. The molecule has 0 saturated carbocycles. The van der Waals surface area contributed by atoms with Crippen molar-refractivity contribution in [1.82, 2.24) is 4.98 Å². The number of anilines is 1. The Bertz CT molecular complexity index is 575. The van der Waals surface area contributed by atoms with E-state index in [1.807, 2.05) is 24.1 Å². The maximum absolute atomic E-state index is 13.1. The first-order valence-electron chi connectivity index (χ1n) is 5.76. The van der Waals surface area contributed by atoms with Crippen molar-refractivity contribution in [1.29, 1.82) is 0 Å². The second kappa shape index (κ2) is 6.22. The zero-order valence-electron chi connectivity index (χ0n) is 10.4. The number of aromatic nitrogens is 1. The molecule has 1 aromatic carbocycles. The van der Waals surface area contributed by atoms with Gasteiger partial charge in [0.25, 0.3) is 0 Å². The smallest absolute Gasteiger partial charge is 0.128 e. The van der Waals surface area contributed by atoms with Gasteiger partial charge in [-0.3, -0.25) is 0 Å². The van der Waals surface area contributed by atoms with Crippen molar-refractivity contribution in [3.05, 3.63) is 58.5 Å². The molecule has 0 N–H and O–H groups in total. The average Bonchev–Trinajstić information content (AvgIpc) is 2.39. The molecule has 2 aromatic rings. The Morgan fingerprint density at radius 1 is 1.32 bits per heavy atom. The molecule has 0 bridgehead atoms. The van der Waals surface area contributed by atoms with Gasteiger partial charge >= 0.3 is 0 Å². The van der Waals surface area contributed by atoms with E-state index in [1.165, 1.54) is 12.1 Å². The van der Waals surface area contributed by atoms with Crippen LogP contribution in [0.2, 0.25) is 5.02 Å². The van der Waals surface area contributed by atoms with Crippen molar-refractivity contribution in [2.45, 2.75) is 12.4 Å². The minimum atomic E-state index is -0.239. The number of hydrogen-bond donors (Lipinski definition) is 0. The van der Waals surface area contributed by atoms with E-state index in [1.54, 1.807) is 12.3 Å². The standard InChI is InChI=1S/C14H13Cl2FN2/c1-19(9-10-3-2-4-12(17)5-10)14-6-11(7-15)13(16)8-18-14/h2-6,8H,7,9H2,1H3. The van der Waals surface area contributed by atoms with Gasteiger partial charge in [-0.25, -0.2) is 9.37 Å². The van der Waals surface area contributed by atoms with Gasteiger partial charge in [0, 0.05) is 25.7 Å². The van der Waals surface area contributed by atoms with E-state index in [2.05, 4.69) is 4.98 Å². The number of pyridine rings is 1. The van der Waals surface area contributed by atoms with E-state index in [-0.39, 0.29) is 5.82 Å². The zero-order chi connectivity index (χ0) is 13.8. The fourth-order valence-electron chi connectivity index (χ4n) is 1.77. The van der Waals surface area contributed by atoms with Gasteiger partial charge in [0.15, 0.2) is 0 Å². The third-order valence-corrected chi connectivity index (χ3v) is 3.39. The van der Waals surface area contributed by atoms with Crippen LogP contribution in [-0.4, -0.2) is 12.0 Å². The molecular weight excluding hydrogens is 286 g/mol. The summed E-state index contributed by atoms with van der Waals surface area (Å²) in [6, 6.07) is 8.34. The molecule has 5 heteroatoms. The first kappa shape index (κ1) is 14.1. The summed E-state index contributed by atoms with van der Waals surface area (Å²) in [6.45, 7) is 0.564. The van der Waals surface area contributed by atoms with Crippen LogP contribution in [0.4, 0.5) is 10.2 Å². The van der Waals surface area contributed by atoms with Crippen LogP contribution < -0.4 is 4.90 Å². The maximum atomic E-state index is 13.1. The first-order chi connectivity index (χ1) is 9.10. The van der Waals surface area contributed by atoms with Gasteiger partial charge in [-0.1, -0.05) is 23.7 Å². The summed E-state index contributed by atoms with van der Waals surface area (Å²) in [5.41, 5.74) is 1.71. The molecule has 0 fully saturated rings. The fraction of sp³-hybridized carbons (Fsp3) is 0.214. The lowest BCUT2D eigenvalue weighted by molar-refractivity contribution is 0.625.